The Labute approximate surface area is 173 Å². The molecule has 0 aliphatic heterocycles. The number of esters is 1. The summed E-state index contributed by atoms with van der Waals surface area (Å²) in [4.78, 5) is 37.1. The number of ether oxygens (including phenoxy) is 2. The maximum atomic E-state index is 12.6. The van der Waals surface area contributed by atoms with E-state index in [0.717, 1.165) is 0 Å². The highest BCUT2D eigenvalue weighted by Gasteiger charge is 2.14. The van der Waals surface area contributed by atoms with Gasteiger partial charge in [-0.3, -0.25) is 9.59 Å². The fourth-order valence-corrected chi connectivity index (χ4v) is 2.75. The summed E-state index contributed by atoms with van der Waals surface area (Å²) in [5.41, 5.74) is 1.74. The number of carbonyl (C=O) groups excluding carboxylic acids is 3. The van der Waals surface area contributed by atoms with Crippen molar-refractivity contribution >= 4 is 29.2 Å². The largest absolute Gasteiger partial charge is 0.497 e. The molecule has 0 saturated heterocycles. The third-order valence-corrected chi connectivity index (χ3v) is 4.26. The van der Waals surface area contributed by atoms with Crippen LogP contribution in [0.2, 0.25) is 0 Å². The smallest absolute Gasteiger partial charge is 0.337 e. The molecule has 2 amide bonds. The molecular formula is C23H20N2O5. The molecular weight excluding hydrogens is 384 g/mol. The van der Waals surface area contributed by atoms with Gasteiger partial charge in [-0.15, -0.1) is 0 Å². The van der Waals surface area contributed by atoms with Crippen LogP contribution in [0.1, 0.15) is 31.1 Å². The molecule has 2 N–H and O–H groups in total. The van der Waals surface area contributed by atoms with Gasteiger partial charge in [0.15, 0.2) is 0 Å². The number of rotatable bonds is 6. The van der Waals surface area contributed by atoms with Gasteiger partial charge in [0.2, 0.25) is 0 Å². The van der Waals surface area contributed by atoms with Gasteiger partial charge in [0, 0.05) is 22.5 Å². The predicted octanol–water partition coefficient (Wildman–Crippen LogP) is 3.99. The first-order chi connectivity index (χ1) is 14.5. The van der Waals surface area contributed by atoms with Crippen LogP contribution in [0.15, 0.2) is 72.8 Å². The standard InChI is InChI=1S/C23H20N2O5/c1-29-20-10-8-16(9-11-20)22(27)25-19-13-17(23(28)30-2)12-18(14-19)24-21(26)15-6-4-3-5-7-15/h3-14H,1-2H3,(H,24,26)(H,25,27). The van der Waals surface area contributed by atoms with Crippen molar-refractivity contribution in [3.8, 4) is 5.75 Å². The second-order valence-electron chi connectivity index (χ2n) is 6.29. The molecule has 30 heavy (non-hydrogen) atoms. The average molecular weight is 404 g/mol. The monoisotopic (exact) mass is 404 g/mol. The van der Waals surface area contributed by atoms with E-state index in [1.54, 1.807) is 61.7 Å². The number of anilines is 2. The van der Waals surface area contributed by atoms with Gasteiger partial charge in [-0.1, -0.05) is 18.2 Å². The van der Waals surface area contributed by atoms with Crippen molar-refractivity contribution < 1.29 is 23.9 Å². The van der Waals surface area contributed by atoms with Crippen molar-refractivity contribution in [2.75, 3.05) is 24.9 Å². The zero-order chi connectivity index (χ0) is 21.5. The minimum Gasteiger partial charge on any atom is -0.497 e. The van der Waals surface area contributed by atoms with E-state index in [2.05, 4.69) is 10.6 Å². The first-order valence-electron chi connectivity index (χ1n) is 9.05. The van der Waals surface area contributed by atoms with Crippen LogP contribution in [-0.2, 0) is 4.74 Å². The van der Waals surface area contributed by atoms with Crippen molar-refractivity contribution in [3.63, 3.8) is 0 Å². The van der Waals surface area contributed by atoms with Gasteiger partial charge in [-0.2, -0.15) is 0 Å². The normalized spacial score (nSPS) is 10.1. The van der Waals surface area contributed by atoms with Gasteiger partial charge in [0.05, 0.1) is 19.8 Å². The van der Waals surface area contributed by atoms with Gasteiger partial charge in [0.1, 0.15) is 5.75 Å². The average Bonchev–Trinajstić information content (AvgIpc) is 2.78. The summed E-state index contributed by atoms with van der Waals surface area (Å²) >= 11 is 0. The van der Waals surface area contributed by atoms with Crippen molar-refractivity contribution in [2.24, 2.45) is 0 Å². The van der Waals surface area contributed by atoms with Gasteiger partial charge < -0.3 is 20.1 Å². The van der Waals surface area contributed by atoms with Crippen LogP contribution in [0.4, 0.5) is 11.4 Å². The SMILES string of the molecule is COC(=O)c1cc(NC(=O)c2ccccc2)cc(NC(=O)c2ccc(OC)cc2)c1. The molecule has 7 nitrogen and oxygen atoms in total. The molecule has 0 aliphatic carbocycles. The molecule has 3 rings (SSSR count). The maximum Gasteiger partial charge on any atom is 0.337 e. The number of nitrogens with one attached hydrogen (secondary N) is 2. The summed E-state index contributed by atoms with van der Waals surface area (Å²) in [6.45, 7) is 0. The Morgan fingerprint density at radius 1 is 0.667 bits per heavy atom. The summed E-state index contributed by atoms with van der Waals surface area (Å²) in [6.07, 6.45) is 0. The summed E-state index contributed by atoms with van der Waals surface area (Å²) in [6, 6.07) is 19.8. The van der Waals surface area contributed by atoms with Gasteiger partial charge in [0.25, 0.3) is 11.8 Å². The van der Waals surface area contributed by atoms with E-state index in [1.165, 1.54) is 19.2 Å². The van der Waals surface area contributed by atoms with E-state index in [9.17, 15) is 14.4 Å². The Morgan fingerprint density at radius 2 is 1.20 bits per heavy atom. The van der Waals surface area contributed by atoms with E-state index in [1.807, 2.05) is 6.07 Å². The quantitative estimate of drug-likeness (QED) is 0.606. The molecule has 3 aromatic rings. The van der Waals surface area contributed by atoms with Crippen LogP contribution in [0.25, 0.3) is 0 Å². The number of carbonyl (C=O) groups is 3. The number of methoxy groups -OCH3 is 2. The predicted molar refractivity (Wildman–Crippen MR) is 113 cm³/mol. The lowest BCUT2D eigenvalue weighted by Crippen LogP contribution is -2.15. The van der Waals surface area contributed by atoms with Crippen molar-refractivity contribution in [1.82, 2.24) is 0 Å². The molecule has 0 saturated carbocycles. The van der Waals surface area contributed by atoms with Crippen molar-refractivity contribution in [1.29, 1.82) is 0 Å². The van der Waals surface area contributed by atoms with Crippen LogP contribution in [0.5, 0.6) is 5.75 Å². The molecule has 0 radical (unpaired) electrons. The summed E-state index contributed by atoms with van der Waals surface area (Å²) in [5, 5.41) is 5.46. The third-order valence-electron chi connectivity index (χ3n) is 4.26. The van der Waals surface area contributed by atoms with Crippen molar-refractivity contribution in [3.05, 3.63) is 89.5 Å². The molecule has 0 bridgehead atoms. The zero-order valence-electron chi connectivity index (χ0n) is 16.5. The molecule has 3 aromatic carbocycles. The molecule has 0 atom stereocenters. The highest BCUT2D eigenvalue weighted by molar-refractivity contribution is 6.07. The fourth-order valence-electron chi connectivity index (χ4n) is 2.75. The molecule has 0 aromatic heterocycles. The first kappa shape index (κ1) is 20.6. The molecule has 0 fully saturated rings. The number of amides is 2. The topological polar surface area (TPSA) is 93.7 Å². The highest BCUT2D eigenvalue weighted by atomic mass is 16.5. The lowest BCUT2D eigenvalue weighted by Gasteiger charge is -2.12. The van der Waals surface area contributed by atoms with E-state index in [4.69, 9.17) is 9.47 Å². The van der Waals surface area contributed by atoms with Crippen LogP contribution in [0.3, 0.4) is 0 Å². The number of benzene rings is 3. The molecule has 0 unspecified atom stereocenters. The lowest BCUT2D eigenvalue weighted by atomic mass is 10.1. The van der Waals surface area contributed by atoms with Gasteiger partial charge in [-0.05, 0) is 54.6 Å². The summed E-state index contributed by atoms with van der Waals surface area (Å²) in [5.74, 6) is -0.680. The Morgan fingerprint density at radius 3 is 1.70 bits per heavy atom. The summed E-state index contributed by atoms with van der Waals surface area (Å²) < 4.78 is 9.86. The van der Waals surface area contributed by atoms with Crippen LogP contribution in [-0.4, -0.2) is 32.0 Å². The maximum absolute atomic E-state index is 12.6. The Kier molecular flexibility index (Phi) is 6.44. The Bertz CT molecular complexity index is 1060. The minimum atomic E-state index is -0.592. The number of hydrogen-bond donors (Lipinski definition) is 2. The van der Waals surface area contributed by atoms with E-state index in [0.29, 0.717) is 28.3 Å². The molecule has 152 valence electrons. The van der Waals surface area contributed by atoms with Crippen molar-refractivity contribution in [2.45, 2.75) is 0 Å². The Hall–Kier alpha value is -4.13. The Balaban J connectivity index is 1.85. The number of hydrogen-bond acceptors (Lipinski definition) is 5. The minimum absolute atomic E-state index is 0.188. The molecule has 0 spiro atoms. The summed E-state index contributed by atoms with van der Waals surface area (Å²) in [7, 11) is 2.80. The second-order valence-corrected chi connectivity index (χ2v) is 6.29. The van der Waals surface area contributed by atoms with Gasteiger partial charge in [-0.25, -0.2) is 4.79 Å². The van der Waals surface area contributed by atoms with Crippen LogP contribution >= 0.6 is 0 Å². The second kappa shape index (κ2) is 9.38. The van der Waals surface area contributed by atoms with E-state index < -0.39 is 5.97 Å². The first-order valence-corrected chi connectivity index (χ1v) is 9.05. The molecule has 0 aliphatic rings. The van der Waals surface area contributed by atoms with E-state index >= 15 is 0 Å². The van der Waals surface area contributed by atoms with Gasteiger partial charge >= 0.3 is 5.97 Å². The van der Waals surface area contributed by atoms with Crippen LogP contribution < -0.4 is 15.4 Å². The zero-order valence-corrected chi connectivity index (χ0v) is 16.5. The van der Waals surface area contributed by atoms with Crippen LogP contribution in [0, 0.1) is 0 Å². The molecule has 7 heteroatoms. The third kappa shape index (κ3) is 5.02. The molecule has 0 heterocycles. The highest BCUT2D eigenvalue weighted by Crippen LogP contribution is 2.22. The fraction of sp³-hybridized carbons (Fsp3) is 0.0870. The van der Waals surface area contributed by atoms with E-state index in [-0.39, 0.29) is 17.4 Å². The lowest BCUT2D eigenvalue weighted by molar-refractivity contribution is 0.0600.